The summed E-state index contributed by atoms with van der Waals surface area (Å²) in [6.45, 7) is 0. The number of methoxy groups -OCH3 is 1. The lowest BCUT2D eigenvalue weighted by Gasteiger charge is -2.28. The van der Waals surface area contributed by atoms with E-state index in [1.54, 1.807) is 12.1 Å². The van der Waals surface area contributed by atoms with E-state index in [2.05, 4.69) is 10.3 Å². The molecule has 2 aromatic carbocycles. The van der Waals surface area contributed by atoms with Crippen LogP contribution in [0.5, 0.6) is 5.75 Å². The van der Waals surface area contributed by atoms with Crippen molar-refractivity contribution in [2.75, 3.05) is 12.0 Å². The Kier molecular flexibility index (Phi) is 5.38. The SMILES string of the molecule is COc1ccc(N2C(=O)NC(=O)[C@@H](C=Nc3cc(Cl)ccc3C#N)C2=O)cc1. The number of barbiturate groups is 1. The third-order valence-electron chi connectivity index (χ3n) is 3.98. The summed E-state index contributed by atoms with van der Waals surface area (Å²) in [6.07, 6.45) is 1.09. The van der Waals surface area contributed by atoms with Crippen molar-refractivity contribution in [3.63, 3.8) is 0 Å². The standard InChI is InChI=1S/C19H13ClN4O4/c1-28-14-6-4-13(5-7-14)24-18(26)15(17(25)23-19(24)27)10-22-16-8-12(20)3-2-11(16)9-21/h2-8,10,15H,1H3,(H,23,25,27)/t15-/m1/s1. The summed E-state index contributed by atoms with van der Waals surface area (Å²) in [4.78, 5) is 42.0. The van der Waals surface area contributed by atoms with Crippen LogP contribution in [0, 0.1) is 17.2 Å². The number of carbonyl (C=O) groups excluding carboxylic acids is 3. The lowest BCUT2D eigenvalue weighted by atomic mass is 10.1. The largest absolute Gasteiger partial charge is 0.497 e. The summed E-state index contributed by atoms with van der Waals surface area (Å²) in [5.74, 6) is -2.36. The van der Waals surface area contributed by atoms with Crippen molar-refractivity contribution in [1.82, 2.24) is 5.32 Å². The molecule has 0 aliphatic carbocycles. The molecule has 1 aliphatic heterocycles. The number of aliphatic imine (C=N–C) groups is 1. The van der Waals surface area contributed by atoms with E-state index < -0.39 is 23.8 Å². The predicted molar refractivity (Wildman–Crippen MR) is 102 cm³/mol. The van der Waals surface area contributed by atoms with Crippen LogP contribution in [0.3, 0.4) is 0 Å². The number of nitrogens with one attached hydrogen (secondary N) is 1. The van der Waals surface area contributed by atoms with Crippen LogP contribution in [0.15, 0.2) is 47.5 Å². The highest BCUT2D eigenvalue weighted by Crippen LogP contribution is 2.25. The molecule has 2 aromatic rings. The minimum Gasteiger partial charge on any atom is -0.497 e. The summed E-state index contributed by atoms with van der Waals surface area (Å²) < 4.78 is 5.05. The number of ether oxygens (including phenoxy) is 1. The summed E-state index contributed by atoms with van der Waals surface area (Å²) in [5.41, 5.74) is 0.713. The predicted octanol–water partition coefficient (Wildman–Crippen LogP) is 2.82. The lowest BCUT2D eigenvalue weighted by Crippen LogP contribution is -2.58. The van der Waals surface area contributed by atoms with Gasteiger partial charge in [-0.05, 0) is 42.5 Å². The number of anilines is 1. The Morgan fingerprint density at radius 1 is 1.21 bits per heavy atom. The molecule has 140 valence electrons. The van der Waals surface area contributed by atoms with E-state index in [1.807, 2.05) is 6.07 Å². The van der Waals surface area contributed by atoms with Crippen molar-refractivity contribution in [3.05, 3.63) is 53.1 Å². The minimum absolute atomic E-state index is 0.212. The Hall–Kier alpha value is -3.70. The van der Waals surface area contributed by atoms with Crippen LogP contribution in [0.1, 0.15) is 5.56 Å². The number of nitrogens with zero attached hydrogens (tertiary/aromatic N) is 3. The zero-order valence-electron chi connectivity index (χ0n) is 14.5. The van der Waals surface area contributed by atoms with Gasteiger partial charge >= 0.3 is 6.03 Å². The first-order chi connectivity index (χ1) is 13.4. The molecule has 1 atom stereocenters. The number of amides is 4. The number of nitriles is 1. The topological polar surface area (TPSA) is 112 Å². The van der Waals surface area contributed by atoms with Crippen LogP contribution in [-0.4, -0.2) is 31.2 Å². The molecule has 0 bridgehead atoms. The Morgan fingerprint density at radius 2 is 1.93 bits per heavy atom. The average molecular weight is 397 g/mol. The van der Waals surface area contributed by atoms with E-state index in [9.17, 15) is 14.4 Å². The monoisotopic (exact) mass is 396 g/mol. The van der Waals surface area contributed by atoms with E-state index in [0.717, 1.165) is 11.1 Å². The summed E-state index contributed by atoms with van der Waals surface area (Å²) in [5, 5.41) is 11.6. The van der Waals surface area contributed by atoms with Crippen LogP contribution < -0.4 is 15.0 Å². The first-order valence-electron chi connectivity index (χ1n) is 8.01. The molecule has 0 saturated carbocycles. The fourth-order valence-electron chi connectivity index (χ4n) is 2.56. The van der Waals surface area contributed by atoms with Gasteiger partial charge in [-0.3, -0.25) is 19.9 Å². The van der Waals surface area contributed by atoms with Crippen LogP contribution in [-0.2, 0) is 9.59 Å². The van der Waals surface area contributed by atoms with Gasteiger partial charge in [0.15, 0.2) is 5.92 Å². The number of imide groups is 2. The molecule has 8 nitrogen and oxygen atoms in total. The van der Waals surface area contributed by atoms with Gasteiger partial charge in [0.05, 0.1) is 24.0 Å². The third kappa shape index (κ3) is 3.70. The molecule has 1 fully saturated rings. The van der Waals surface area contributed by atoms with Crippen molar-refractivity contribution in [2.45, 2.75) is 0 Å². The number of benzene rings is 2. The van der Waals surface area contributed by atoms with Crippen LogP contribution in [0.25, 0.3) is 0 Å². The highest BCUT2D eigenvalue weighted by molar-refractivity contribution is 6.33. The van der Waals surface area contributed by atoms with Gasteiger partial charge in [-0.2, -0.15) is 5.26 Å². The second-order valence-corrected chi connectivity index (χ2v) is 6.13. The Labute approximate surface area is 165 Å². The van der Waals surface area contributed by atoms with Gasteiger partial charge in [-0.1, -0.05) is 11.6 Å². The molecule has 1 N–H and O–H groups in total. The molecular weight excluding hydrogens is 384 g/mol. The fourth-order valence-corrected chi connectivity index (χ4v) is 2.72. The van der Waals surface area contributed by atoms with Crippen molar-refractivity contribution in [3.8, 4) is 11.8 Å². The van der Waals surface area contributed by atoms with Gasteiger partial charge in [0.2, 0.25) is 5.91 Å². The van der Waals surface area contributed by atoms with Crippen molar-refractivity contribution < 1.29 is 19.1 Å². The van der Waals surface area contributed by atoms with Crippen LogP contribution in [0.4, 0.5) is 16.2 Å². The number of hydrogen-bond donors (Lipinski definition) is 1. The number of rotatable bonds is 4. The molecule has 0 radical (unpaired) electrons. The summed E-state index contributed by atoms with van der Waals surface area (Å²) >= 11 is 5.91. The summed E-state index contributed by atoms with van der Waals surface area (Å²) in [7, 11) is 1.49. The van der Waals surface area contributed by atoms with Gasteiger partial charge in [-0.15, -0.1) is 0 Å². The van der Waals surface area contributed by atoms with Gasteiger partial charge < -0.3 is 4.74 Å². The normalized spacial score (nSPS) is 16.8. The number of halogens is 1. The minimum atomic E-state index is -1.34. The molecule has 9 heteroatoms. The van der Waals surface area contributed by atoms with E-state index in [-0.39, 0.29) is 16.9 Å². The molecule has 3 rings (SSSR count). The van der Waals surface area contributed by atoms with E-state index in [0.29, 0.717) is 10.8 Å². The molecule has 0 aromatic heterocycles. The van der Waals surface area contributed by atoms with Gasteiger partial charge in [-0.25, -0.2) is 9.69 Å². The van der Waals surface area contributed by atoms with E-state index in [1.165, 1.54) is 37.4 Å². The highest BCUT2D eigenvalue weighted by Gasteiger charge is 2.40. The second-order valence-electron chi connectivity index (χ2n) is 5.70. The number of urea groups is 1. The Bertz CT molecular complexity index is 1030. The fraction of sp³-hybridized carbons (Fsp3) is 0.105. The first-order valence-corrected chi connectivity index (χ1v) is 8.39. The van der Waals surface area contributed by atoms with Gasteiger partial charge in [0.25, 0.3) is 5.91 Å². The molecule has 1 heterocycles. The Balaban J connectivity index is 1.92. The maximum Gasteiger partial charge on any atom is 0.335 e. The van der Waals surface area contributed by atoms with Crippen molar-refractivity contribution in [2.24, 2.45) is 10.9 Å². The van der Waals surface area contributed by atoms with Crippen LogP contribution >= 0.6 is 11.6 Å². The molecule has 0 unspecified atom stereocenters. The van der Waals surface area contributed by atoms with E-state index in [4.69, 9.17) is 21.6 Å². The zero-order valence-corrected chi connectivity index (χ0v) is 15.3. The quantitative estimate of drug-likeness (QED) is 0.630. The molecule has 4 amide bonds. The van der Waals surface area contributed by atoms with E-state index >= 15 is 0 Å². The molecule has 0 spiro atoms. The van der Waals surface area contributed by atoms with Gasteiger partial charge in [0, 0.05) is 11.2 Å². The summed E-state index contributed by atoms with van der Waals surface area (Å²) in [6, 6.07) is 11.7. The molecule has 1 aliphatic rings. The van der Waals surface area contributed by atoms with Gasteiger partial charge in [0.1, 0.15) is 11.8 Å². The van der Waals surface area contributed by atoms with Crippen molar-refractivity contribution >= 4 is 47.0 Å². The Morgan fingerprint density at radius 3 is 2.57 bits per heavy atom. The maximum atomic E-state index is 12.8. The van der Waals surface area contributed by atoms with Crippen molar-refractivity contribution in [1.29, 1.82) is 5.26 Å². The maximum absolute atomic E-state index is 12.8. The zero-order chi connectivity index (χ0) is 20.3. The smallest absolute Gasteiger partial charge is 0.335 e. The second kappa shape index (κ2) is 7.90. The molecular formula is C19H13ClN4O4. The number of carbonyl (C=O) groups is 3. The first kappa shape index (κ1) is 19.1. The average Bonchev–Trinajstić information content (AvgIpc) is 2.68. The van der Waals surface area contributed by atoms with Crippen LogP contribution in [0.2, 0.25) is 5.02 Å². The highest BCUT2D eigenvalue weighted by atomic mass is 35.5. The number of hydrogen-bond acceptors (Lipinski definition) is 6. The molecule has 28 heavy (non-hydrogen) atoms. The molecule has 1 saturated heterocycles. The lowest BCUT2D eigenvalue weighted by molar-refractivity contribution is -0.131. The third-order valence-corrected chi connectivity index (χ3v) is 4.21.